The number of piperidine rings is 1. The van der Waals surface area contributed by atoms with E-state index in [0.29, 0.717) is 0 Å². The zero-order chi connectivity index (χ0) is 15.5. The molecule has 0 saturated carbocycles. The summed E-state index contributed by atoms with van der Waals surface area (Å²) in [5, 5.41) is 0. The zero-order valence-corrected chi connectivity index (χ0v) is 14.3. The lowest BCUT2D eigenvalue weighted by Gasteiger charge is -2.36. The number of hydrogen-bond acceptors (Lipinski definition) is 5. The maximum atomic E-state index is 4.89. The highest BCUT2D eigenvalue weighted by Gasteiger charge is 2.22. The Morgan fingerprint density at radius 3 is 2.55 bits per heavy atom. The second kappa shape index (κ2) is 6.82. The van der Waals surface area contributed by atoms with Crippen LogP contribution in [0.25, 0.3) is 0 Å². The molecule has 5 heteroatoms. The molecule has 0 aromatic carbocycles. The van der Waals surface area contributed by atoms with Gasteiger partial charge in [-0.3, -0.25) is 0 Å². The fourth-order valence-electron chi connectivity index (χ4n) is 3.50. The van der Waals surface area contributed by atoms with Crippen molar-refractivity contribution in [1.29, 1.82) is 0 Å². The van der Waals surface area contributed by atoms with Gasteiger partial charge in [0.2, 0.25) is 5.95 Å². The molecule has 0 radical (unpaired) electrons. The van der Waals surface area contributed by atoms with E-state index in [-0.39, 0.29) is 0 Å². The highest BCUT2D eigenvalue weighted by Crippen LogP contribution is 2.23. The van der Waals surface area contributed by atoms with E-state index in [2.05, 4.69) is 41.5 Å². The maximum absolute atomic E-state index is 4.89. The summed E-state index contributed by atoms with van der Waals surface area (Å²) >= 11 is 0. The van der Waals surface area contributed by atoms with Crippen molar-refractivity contribution in [3.63, 3.8) is 0 Å². The minimum absolute atomic E-state index is 0.745. The van der Waals surface area contributed by atoms with Gasteiger partial charge in [-0.05, 0) is 32.2 Å². The quantitative estimate of drug-likeness (QED) is 0.855. The van der Waals surface area contributed by atoms with Crippen molar-refractivity contribution in [2.75, 3.05) is 55.6 Å². The highest BCUT2D eigenvalue weighted by molar-refractivity contribution is 5.46. The molecule has 2 saturated heterocycles. The van der Waals surface area contributed by atoms with Crippen molar-refractivity contribution in [1.82, 2.24) is 14.9 Å². The molecule has 122 valence electrons. The van der Waals surface area contributed by atoms with Crippen molar-refractivity contribution >= 4 is 11.8 Å². The first-order valence-corrected chi connectivity index (χ1v) is 8.73. The van der Waals surface area contributed by atoms with Gasteiger partial charge in [0.25, 0.3) is 0 Å². The molecule has 2 fully saturated rings. The lowest BCUT2D eigenvalue weighted by molar-refractivity contribution is 0.270. The van der Waals surface area contributed by atoms with Gasteiger partial charge in [0.1, 0.15) is 5.82 Å². The Balaban J connectivity index is 1.75. The van der Waals surface area contributed by atoms with E-state index in [9.17, 15) is 0 Å². The molecular formula is C17H29N5. The van der Waals surface area contributed by atoms with Gasteiger partial charge in [0.05, 0.1) is 0 Å². The number of likely N-dealkylation sites (N-methyl/N-ethyl adjacent to an activating group) is 1. The molecule has 3 heterocycles. The summed E-state index contributed by atoms with van der Waals surface area (Å²) in [7, 11) is 0. The molecule has 2 aliphatic rings. The van der Waals surface area contributed by atoms with Crippen LogP contribution in [0.4, 0.5) is 11.8 Å². The lowest BCUT2D eigenvalue weighted by atomic mass is 10.0. The fourth-order valence-corrected chi connectivity index (χ4v) is 3.50. The third-order valence-electron chi connectivity index (χ3n) is 4.91. The van der Waals surface area contributed by atoms with Crippen molar-refractivity contribution in [2.45, 2.75) is 33.6 Å². The van der Waals surface area contributed by atoms with Crippen LogP contribution in [-0.4, -0.2) is 60.7 Å². The molecule has 0 amide bonds. The Bertz CT molecular complexity index is 496. The molecule has 0 spiro atoms. The maximum Gasteiger partial charge on any atom is 0.227 e. The van der Waals surface area contributed by atoms with Gasteiger partial charge in [-0.25, -0.2) is 4.98 Å². The van der Waals surface area contributed by atoms with Crippen molar-refractivity contribution in [2.24, 2.45) is 5.92 Å². The zero-order valence-electron chi connectivity index (χ0n) is 14.3. The first-order valence-electron chi connectivity index (χ1n) is 8.73. The lowest BCUT2D eigenvalue weighted by Crippen LogP contribution is -2.46. The van der Waals surface area contributed by atoms with Crippen LogP contribution in [0.1, 0.15) is 32.4 Å². The molecule has 0 bridgehead atoms. The molecular weight excluding hydrogens is 274 g/mol. The topological polar surface area (TPSA) is 35.5 Å². The van der Waals surface area contributed by atoms with E-state index in [1.165, 1.54) is 12.8 Å². The summed E-state index contributed by atoms with van der Waals surface area (Å²) in [6.45, 7) is 14.4. The Hall–Kier alpha value is -1.36. The molecule has 1 aromatic rings. The first kappa shape index (κ1) is 15.5. The number of anilines is 2. The van der Waals surface area contributed by atoms with Crippen LogP contribution in [0.5, 0.6) is 0 Å². The van der Waals surface area contributed by atoms with Crippen LogP contribution < -0.4 is 9.80 Å². The van der Waals surface area contributed by atoms with Crippen LogP contribution in [0.15, 0.2) is 6.07 Å². The van der Waals surface area contributed by atoms with Crippen LogP contribution in [0.2, 0.25) is 0 Å². The summed E-state index contributed by atoms with van der Waals surface area (Å²) in [5.41, 5.74) is 1.08. The van der Waals surface area contributed by atoms with Crippen molar-refractivity contribution in [3.8, 4) is 0 Å². The van der Waals surface area contributed by atoms with E-state index < -0.39 is 0 Å². The van der Waals surface area contributed by atoms with Gasteiger partial charge in [-0.15, -0.1) is 0 Å². The Morgan fingerprint density at radius 1 is 1.09 bits per heavy atom. The summed E-state index contributed by atoms with van der Waals surface area (Å²) in [6, 6.07) is 2.14. The van der Waals surface area contributed by atoms with Gasteiger partial charge in [0.15, 0.2) is 0 Å². The Kier molecular flexibility index (Phi) is 4.81. The average Bonchev–Trinajstić information content (AvgIpc) is 2.54. The molecule has 2 aliphatic heterocycles. The van der Waals surface area contributed by atoms with E-state index in [1.54, 1.807) is 0 Å². The predicted octanol–water partition coefficient (Wildman–Crippen LogP) is 2.16. The van der Waals surface area contributed by atoms with E-state index in [4.69, 9.17) is 9.97 Å². The summed E-state index contributed by atoms with van der Waals surface area (Å²) < 4.78 is 0. The molecule has 22 heavy (non-hydrogen) atoms. The molecule has 3 rings (SSSR count). The first-order chi connectivity index (χ1) is 10.7. The van der Waals surface area contributed by atoms with Gasteiger partial charge < -0.3 is 14.7 Å². The van der Waals surface area contributed by atoms with Crippen molar-refractivity contribution < 1.29 is 0 Å². The summed E-state index contributed by atoms with van der Waals surface area (Å²) in [6.07, 6.45) is 2.58. The fraction of sp³-hybridized carbons (Fsp3) is 0.765. The normalized spacial score (nSPS) is 23.9. The van der Waals surface area contributed by atoms with Crippen LogP contribution >= 0.6 is 0 Å². The minimum Gasteiger partial charge on any atom is -0.354 e. The smallest absolute Gasteiger partial charge is 0.227 e. The number of aromatic nitrogens is 2. The number of aryl methyl sites for hydroxylation is 1. The molecule has 5 nitrogen and oxygen atoms in total. The van der Waals surface area contributed by atoms with Crippen molar-refractivity contribution in [3.05, 3.63) is 11.8 Å². The average molecular weight is 303 g/mol. The van der Waals surface area contributed by atoms with Gasteiger partial charge in [-0.2, -0.15) is 4.98 Å². The highest BCUT2D eigenvalue weighted by atomic mass is 15.3. The van der Waals surface area contributed by atoms with Gasteiger partial charge >= 0.3 is 0 Å². The van der Waals surface area contributed by atoms with Crippen LogP contribution in [-0.2, 0) is 0 Å². The SMILES string of the molecule is CCN1CCN(c2cc(C)nc(N3CCCC(C)C3)n2)CC1. The van der Waals surface area contributed by atoms with Crippen LogP contribution in [0, 0.1) is 12.8 Å². The second-order valence-electron chi connectivity index (χ2n) is 6.78. The number of rotatable bonds is 3. The Morgan fingerprint density at radius 2 is 1.86 bits per heavy atom. The largest absolute Gasteiger partial charge is 0.354 e. The summed E-state index contributed by atoms with van der Waals surface area (Å²) in [5.74, 6) is 2.78. The van der Waals surface area contributed by atoms with Gasteiger partial charge in [-0.1, -0.05) is 13.8 Å². The number of nitrogens with zero attached hydrogens (tertiary/aromatic N) is 5. The molecule has 1 atom stereocenters. The third kappa shape index (κ3) is 3.51. The molecule has 0 N–H and O–H groups in total. The van der Waals surface area contributed by atoms with Crippen LogP contribution in [0.3, 0.4) is 0 Å². The molecule has 0 aliphatic carbocycles. The third-order valence-corrected chi connectivity index (χ3v) is 4.91. The second-order valence-corrected chi connectivity index (χ2v) is 6.78. The minimum atomic E-state index is 0.745. The molecule has 1 aromatic heterocycles. The summed E-state index contributed by atoms with van der Waals surface area (Å²) in [4.78, 5) is 16.9. The molecule has 1 unspecified atom stereocenters. The Labute approximate surface area is 134 Å². The number of piperazine rings is 1. The van der Waals surface area contributed by atoms with E-state index >= 15 is 0 Å². The number of hydrogen-bond donors (Lipinski definition) is 0. The standard InChI is InChI=1S/C17H29N5/c1-4-20-8-10-21(11-9-20)16-12-15(3)18-17(19-16)22-7-5-6-14(2)13-22/h12,14H,4-11,13H2,1-3H3. The monoisotopic (exact) mass is 303 g/mol. The van der Waals surface area contributed by atoms with E-state index in [1.807, 2.05) is 0 Å². The van der Waals surface area contributed by atoms with Gasteiger partial charge in [0, 0.05) is 51.0 Å². The predicted molar refractivity (Wildman–Crippen MR) is 91.7 cm³/mol. The van der Waals surface area contributed by atoms with E-state index in [0.717, 1.165) is 69.2 Å².